The van der Waals surface area contributed by atoms with Gasteiger partial charge in [-0.25, -0.2) is 14.9 Å². The number of aromatic nitrogens is 3. The molecule has 0 unspecified atom stereocenters. The van der Waals surface area contributed by atoms with E-state index in [1.165, 1.54) is 22.2 Å². The number of benzene rings is 2. The number of nitrogens with zero attached hydrogens (tertiary/aromatic N) is 5. The van der Waals surface area contributed by atoms with E-state index in [4.69, 9.17) is 11.6 Å². The molecule has 2 heterocycles. The van der Waals surface area contributed by atoms with Gasteiger partial charge in [-0.3, -0.25) is 4.79 Å². The van der Waals surface area contributed by atoms with E-state index < -0.39 is 0 Å². The normalized spacial score (nSPS) is 15.7. The van der Waals surface area contributed by atoms with Gasteiger partial charge in [0.25, 0.3) is 5.91 Å². The Hall–Kier alpha value is -3.25. The van der Waals surface area contributed by atoms with Gasteiger partial charge in [-0.05, 0) is 35.9 Å². The summed E-state index contributed by atoms with van der Waals surface area (Å²) in [4.78, 5) is 22.9. The number of aliphatic imine (C=N–C) groups is 1. The Kier molecular flexibility index (Phi) is 3.87. The second-order valence-corrected chi connectivity index (χ2v) is 5.75. The second kappa shape index (κ2) is 6.33. The molecule has 7 heteroatoms. The number of para-hydroxylation sites is 1. The quantitative estimate of drug-likeness (QED) is 0.667. The highest BCUT2D eigenvalue weighted by atomic mass is 35.5. The number of hydrogen-bond donors (Lipinski definition) is 0. The zero-order chi connectivity index (χ0) is 17.2. The molecule has 2 aromatic carbocycles. The molecule has 0 N–H and O–H groups in total. The van der Waals surface area contributed by atoms with Crippen LogP contribution in [0.5, 0.6) is 0 Å². The van der Waals surface area contributed by atoms with Gasteiger partial charge in [0.1, 0.15) is 18.4 Å². The third-order valence-electron chi connectivity index (χ3n) is 3.63. The smallest absolute Gasteiger partial charge is 0.266 e. The van der Waals surface area contributed by atoms with Crippen LogP contribution in [0.2, 0.25) is 5.02 Å². The summed E-state index contributed by atoms with van der Waals surface area (Å²) in [7, 11) is 0. The zero-order valence-corrected chi connectivity index (χ0v) is 13.7. The van der Waals surface area contributed by atoms with E-state index >= 15 is 0 Å². The van der Waals surface area contributed by atoms with Gasteiger partial charge in [0.05, 0.1) is 5.69 Å². The van der Waals surface area contributed by atoms with E-state index in [-0.39, 0.29) is 5.91 Å². The van der Waals surface area contributed by atoms with Crippen LogP contribution >= 0.6 is 11.6 Å². The maximum atomic E-state index is 12.9. The molecule has 1 aromatic heterocycles. The Morgan fingerprint density at radius 1 is 1.04 bits per heavy atom. The van der Waals surface area contributed by atoms with Gasteiger partial charge in [-0.2, -0.15) is 9.78 Å². The number of halogens is 1. The van der Waals surface area contributed by atoms with E-state index in [2.05, 4.69) is 15.1 Å². The molecule has 1 aliphatic rings. The van der Waals surface area contributed by atoms with E-state index in [1.54, 1.807) is 18.2 Å². The number of carbonyl (C=O) groups excluding carboxylic acids is 1. The molecule has 0 spiro atoms. The monoisotopic (exact) mass is 349 g/mol. The van der Waals surface area contributed by atoms with Crippen molar-refractivity contribution in [2.24, 2.45) is 4.99 Å². The second-order valence-electron chi connectivity index (χ2n) is 5.31. The van der Waals surface area contributed by atoms with Crippen molar-refractivity contribution in [2.75, 3.05) is 4.90 Å². The molecule has 1 aliphatic heterocycles. The molecule has 4 rings (SSSR count). The Morgan fingerprint density at radius 2 is 1.88 bits per heavy atom. The van der Waals surface area contributed by atoms with Crippen LogP contribution < -0.4 is 4.90 Å². The molecular weight excluding hydrogens is 338 g/mol. The van der Waals surface area contributed by atoms with Crippen LogP contribution in [0.1, 0.15) is 5.56 Å². The largest absolute Gasteiger partial charge is 0.283 e. The average Bonchev–Trinajstić information content (AvgIpc) is 3.25. The maximum absolute atomic E-state index is 12.9. The lowest BCUT2D eigenvalue weighted by Crippen LogP contribution is -2.36. The Morgan fingerprint density at radius 3 is 2.60 bits per heavy atom. The van der Waals surface area contributed by atoms with Crippen LogP contribution in [0, 0.1) is 0 Å². The summed E-state index contributed by atoms with van der Waals surface area (Å²) < 4.78 is 1.46. The van der Waals surface area contributed by atoms with Crippen molar-refractivity contribution >= 4 is 35.2 Å². The molecular formula is C18H12ClN5O. The van der Waals surface area contributed by atoms with Crippen LogP contribution in [-0.2, 0) is 4.79 Å². The summed E-state index contributed by atoms with van der Waals surface area (Å²) in [6, 6.07) is 16.5. The van der Waals surface area contributed by atoms with Crippen molar-refractivity contribution in [2.45, 2.75) is 0 Å². The number of carbonyl (C=O) groups is 1. The number of anilines is 1. The SMILES string of the molecule is O=C1/C(=C/c2cccc(Cl)c2)N=C(n2cncn2)N1c1ccccc1. The first-order valence-electron chi connectivity index (χ1n) is 7.53. The van der Waals surface area contributed by atoms with Crippen LogP contribution in [0.15, 0.2) is 77.9 Å². The third-order valence-corrected chi connectivity index (χ3v) is 3.87. The molecule has 3 aromatic rings. The minimum atomic E-state index is -0.239. The molecule has 0 aliphatic carbocycles. The van der Waals surface area contributed by atoms with Crippen molar-refractivity contribution in [3.05, 3.63) is 83.5 Å². The van der Waals surface area contributed by atoms with Gasteiger partial charge in [-0.1, -0.05) is 41.9 Å². The fourth-order valence-electron chi connectivity index (χ4n) is 2.53. The topological polar surface area (TPSA) is 63.4 Å². The summed E-state index contributed by atoms with van der Waals surface area (Å²) in [5.74, 6) is 0.138. The number of hydrogen-bond acceptors (Lipinski definition) is 4. The Balaban J connectivity index is 1.81. The fraction of sp³-hybridized carbons (Fsp3) is 0. The Labute approximate surface area is 148 Å². The molecule has 25 heavy (non-hydrogen) atoms. The minimum Gasteiger partial charge on any atom is -0.266 e. The predicted octanol–water partition coefficient (Wildman–Crippen LogP) is 3.22. The number of rotatable bonds is 2. The zero-order valence-electron chi connectivity index (χ0n) is 13.0. The van der Waals surface area contributed by atoms with Crippen molar-refractivity contribution in [1.29, 1.82) is 0 Å². The molecule has 0 radical (unpaired) electrons. The molecule has 0 fully saturated rings. The van der Waals surface area contributed by atoms with Gasteiger partial charge in [-0.15, -0.1) is 0 Å². The first-order valence-corrected chi connectivity index (χ1v) is 7.90. The lowest BCUT2D eigenvalue weighted by molar-refractivity contribution is -0.113. The highest BCUT2D eigenvalue weighted by Gasteiger charge is 2.33. The predicted molar refractivity (Wildman–Crippen MR) is 96.2 cm³/mol. The summed E-state index contributed by atoms with van der Waals surface area (Å²) in [5.41, 5.74) is 1.81. The van der Waals surface area contributed by atoms with Crippen LogP contribution in [-0.4, -0.2) is 26.6 Å². The van der Waals surface area contributed by atoms with E-state index in [0.29, 0.717) is 22.4 Å². The molecule has 6 nitrogen and oxygen atoms in total. The third kappa shape index (κ3) is 2.95. The van der Waals surface area contributed by atoms with Crippen molar-refractivity contribution in [3.8, 4) is 0 Å². The standard InChI is InChI=1S/C18H12ClN5O/c19-14-6-4-5-13(9-14)10-16-17(25)24(15-7-2-1-3-8-15)18(22-16)23-12-20-11-21-23/h1-12H/b16-10-. The average molecular weight is 350 g/mol. The van der Waals surface area contributed by atoms with Crippen LogP contribution in [0.3, 0.4) is 0 Å². The highest BCUT2D eigenvalue weighted by molar-refractivity contribution is 6.31. The lowest BCUT2D eigenvalue weighted by atomic mass is 10.2. The van der Waals surface area contributed by atoms with E-state index in [9.17, 15) is 4.79 Å². The molecule has 0 atom stereocenters. The molecule has 1 amide bonds. The summed E-state index contributed by atoms with van der Waals surface area (Å²) in [5, 5.41) is 4.69. The highest BCUT2D eigenvalue weighted by Crippen LogP contribution is 2.25. The van der Waals surface area contributed by atoms with Crippen molar-refractivity contribution < 1.29 is 4.79 Å². The van der Waals surface area contributed by atoms with Gasteiger partial charge < -0.3 is 0 Å². The van der Waals surface area contributed by atoms with Gasteiger partial charge >= 0.3 is 0 Å². The van der Waals surface area contributed by atoms with Crippen LogP contribution in [0.4, 0.5) is 5.69 Å². The van der Waals surface area contributed by atoms with E-state index in [1.807, 2.05) is 42.5 Å². The fourth-order valence-corrected chi connectivity index (χ4v) is 2.73. The molecule has 122 valence electrons. The first kappa shape index (κ1) is 15.3. The molecule has 0 bridgehead atoms. The Bertz CT molecular complexity index is 980. The molecule has 0 saturated heterocycles. The molecule has 0 saturated carbocycles. The van der Waals surface area contributed by atoms with Gasteiger partial charge in [0, 0.05) is 5.02 Å². The van der Waals surface area contributed by atoms with E-state index in [0.717, 1.165) is 5.56 Å². The summed E-state index contributed by atoms with van der Waals surface area (Å²) >= 11 is 6.02. The maximum Gasteiger partial charge on any atom is 0.283 e. The van der Waals surface area contributed by atoms with Crippen LogP contribution in [0.25, 0.3) is 6.08 Å². The number of amides is 1. The lowest BCUT2D eigenvalue weighted by Gasteiger charge is -2.17. The summed E-state index contributed by atoms with van der Waals surface area (Å²) in [6.07, 6.45) is 4.60. The van der Waals surface area contributed by atoms with Gasteiger partial charge in [0.15, 0.2) is 0 Å². The minimum absolute atomic E-state index is 0.239. The van der Waals surface area contributed by atoms with Gasteiger partial charge in [0.2, 0.25) is 5.96 Å². The summed E-state index contributed by atoms with van der Waals surface area (Å²) in [6.45, 7) is 0. The van der Waals surface area contributed by atoms with Crippen molar-refractivity contribution in [1.82, 2.24) is 14.8 Å². The first-order chi connectivity index (χ1) is 12.2. The van der Waals surface area contributed by atoms with Crippen molar-refractivity contribution in [3.63, 3.8) is 0 Å².